The van der Waals surface area contributed by atoms with Gasteiger partial charge in [-0.3, -0.25) is 4.79 Å². The fraction of sp³-hybridized carbons (Fsp3) is 0.923. The first-order valence-corrected chi connectivity index (χ1v) is 6.17. The summed E-state index contributed by atoms with van der Waals surface area (Å²) in [5.41, 5.74) is 0.197. The SMILES string of the molecule is CC1(C)CCC(CC2(C(=O)O)CC2)CC1. The van der Waals surface area contributed by atoms with E-state index in [0.717, 1.165) is 19.3 Å². The van der Waals surface area contributed by atoms with Crippen LogP contribution in [0.5, 0.6) is 0 Å². The first kappa shape index (κ1) is 11.0. The summed E-state index contributed by atoms with van der Waals surface area (Å²) in [6.45, 7) is 4.65. The number of carboxylic acid groups (broad SMARTS) is 1. The van der Waals surface area contributed by atoms with E-state index in [4.69, 9.17) is 5.11 Å². The molecule has 0 aromatic carbocycles. The van der Waals surface area contributed by atoms with Gasteiger partial charge in [-0.05, 0) is 56.3 Å². The van der Waals surface area contributed by atoms with Gasteiger partial charge in [-0.25, -0.2) is 0 Å². The number of aliphatic carboxylic acids is 1. The summed E-state index contributed by atoms with van der Waals surface area (Å²) in [5.74, 6) is 0.129. The standard InChI is InChI=1S/C13H22O2/c1-12(2)5-3-10(4-6-12)9-13(7-8-13)11(14)15/h10H,3-9H2,1-2H3,(H,14,15). The molecule has 0 heterocycles. The van der Waals surface area contributed by atoms with Crippen molar-refractivity contribution < 1.29 is 9.90 Å². The maximum Gasteiger partial charge on any atom is 0.309 e. The molecule has 0 aliphatic heterocycles. The van der Waals surface area contributed by atoms with Crippen LogP contribution in [0.25, 0.3) is 0 Å². The molecule has 0 aromatic heterocycles. The van der Waals surface area contributed by atoms with Gasteiger partial charge in [0.05, 0.1) is 5.41 Å². The van der Waals surface area contributed by atoms with Crippen LogP contribution < -0.4 is 0 Å². The van der Waals surface area contributed by atoms with Crippen LogP contribution in [0.4, 0.5) is 0 Å². The molecule has 2 fully saturated rings. The number of carboxylic acids is 1. The van der Waals surface area contributed by atoms with Crippen LogP contribution in [0.1, 0.15) is 58.8 Å². The Hall–Kier alpha value is -0.530. The van der Waals surface area contributed by atoms with E-state index in [0.29, 0.717) is 11.3 Å². The highest BCUT2D eigenvalue weighted by Gasteiger charge is 2.51. The molecule has 0 bridgehead atoms. The van der Waals surface area contributed by atoms with E-state index >= 15 is 0 Å². The molecule has 15 heavy (non-hydrogen) atoms. The van der Waals surface area contributed by atoms with Crippen molar-refractivity contribution >= 4 is 5.97 Å². The van der Waals surface area contributed by atoms with Gasteiger partial charge in [0.2, 0.25) is 0 Å². The van der Waals surface area contributed by atoms with Gasteiger partial charge in [0.1, 0.15) is 0 Å². The zero-order chi connectivity index (χ0) is 11.1. The van der Waals surface area contributed by atoms with Gasteiger partial charge in [0.25, 0.3) is 0 Å². The van der Waals surface area contributed by atoms with Crippen molar-refractivity contribution in [2.75, 3.05) is 0 Å². The van der Waals surface area contributed by atoms with Crippen molar-refractivity contribution in [3.8, 4) is 0 Å². The average molecular weight is 210 g/mol. The number of hydrogen-bond donors (Lipinski definition) is 1. The summed E-state index contributed by atoms with van der Waals surface area (Å²) >= 11 is 0. The van der Waals surface area contributed by atoms with Gasteiger partial charge in [0.15, 0.2) is 0 Å². The van der Waals surface area contributed by atoms with Crippen molar-refractivity contribution in [1.82, 2.24) is 0 Å². The Morgan fingerprint density at radius 3 is 2.13 bits per heavy atom. The van der Waals surface area contributed by atoms with Gasteiger partial charge < -0.3 is 5.11 Å². The largest absolute Gasteiger partial charge is 0.481 e. The molecule has 0 radical (unpaired) electrons. The molecule has 2 heteroatoms. The monoisotopic (exact) mass is 210 g/mol. The van der Waals surface area contributed by atoms with Crippen LogP contribution in [0.2, 0.25) is 0 Å². The molecule has 2 aliphatic rings. The molecule has 0 spiro atoms. The van der Waals surface area contributed by atoms with Crippen LogP contribution in [0.3, 0.4) is 0 Å². The van der Waals surface area contributed by atoms with E-state index in [2.05, 4.69) is 13.8 Å². The lowest BCUT2D eigenvalue weighted by atomic mass is 9.70. The minimum atomic E-state index is -0.549. The van der Waals surface area contributed by atoms with Crippen LogP contribution in [-0.4, -0.2) is 11.1 Å². The van der Waals surface area contributed by atoms with Crippen LogP contribution in [0, 0.1) is 16.7 Å². The third kappa shape index (κ3) is 2.35. The third-order valence-electron chi connectivity index (χ3n) is 4.45. The maximum atomic E-state index is 11.1. The molecule has 0 aromatic rings. The highest BCUT2D eigenvalue weighted by atomic mass is 16.4. The van der Waals surface area contributed by atoms with Crippen LogP contribution in [-0.2, 0) is 4.79 Å². The Kier molecular flexibility index (Phi) is 2.56. The molecule has 2 rings (SSSR count). The second-order valence-corrected chi connectivity index (χ2v) is 6.40. The van der Waals surface area contributed by atoms with Gasteiger partial charge in [-0.1, -0.05) is 13.8 Å². The van der Waals surface area contributed by atoms with Crippen molar-refractivity contribution in [2.45, 2.75) is 58.8 Å². The zero-order valence-electron chi connectivity index (χ0n) is 9.88. The molecule has 0 unspecified atom stereocenters. The Morgan fingerprint density at radius 1 is 1.20 bits per heavy atom. The first-order valence-electron chi connectivity index (χ1n) is 6.17. The topological polar surface area (TPSA) is 37.3 Å². The summed E-state index contributed by atoms with van der Waals surface area (Å²) in [6, 6.07) is 0. The highest BCUT2D eigenvalue weighted by Crippen LogP contribution is 2.53. The first-order chi connectivity index (χ1) is 6.94. The predicted molar refractivity (Wildman–Crippen MR) is 59.7 cm³/mol. The van der Waals surface area contributed by atoms with Crippen molar-refractivity contribution in [3.05, 3.63) is 0 Å². The van der Waals surface area contributed by atoms with Gasteiger partial charge in [-0.15, -0.1) is 0 Å². The zero-order valence-corrected chi connectivity index (χ0v) is 9.88. The maximum absolute atomic E-state index is 11.1. The van der Waals surface area contributed by atoms with Gasteiger partial charge in [-0.2, -0.15) is 0 Å². The molecule has 2 saturated carbocycles. The van der Waals surface area contributed by atoms with Crippen LogP contribution >= 0.6 is 0 Å². The Morgan fingerprint density at radius 2 is 1.73 bits per heavy atom. The average Bonchev–Trinajstić information content (AvgIpc) is 2.90. The number of hydrogen-bond acceptors (Lipinski definition) is 1. The van der Waals surface area contributed by atoms with E-state index in [1.807, 2.05) is 0 Å². The predicted octanol–water partition coefficient (Wildman–Crippen LogP) is 3.46. The quantitative estimate of drug-likeness (QED) is 0.774. The smallest absolute Gasteiger partial charge is 0.309 e. The number of rotatable bonds is 3. The lowest BCUT2D eigenvalue weighted by Gasteiger charge is -2.35. The van der Waals surface area contributed by atoms with Crippen molar-refractivity contribution in [2.24, 2.45) is 16.7 Å². The van der Waals surface area contributed by atoms with Crippen molar-refractivity contribution in [1.29, 1.82) is 0 Å². The second kappa shape index (κ2) is 3.50. The highest BCUT2D eigenvalue weighted by molar-refractivity contribution is 5.77. The van der Waals surface area contributed by atoms with Gasteiger partial charge >= 0.3 is 5.97 Å². The molecular weight excluding hydrogens is 188 g/mol. The molecule has 1 N–H and O–H groups in total. The molecule has 86 valence electrons. The summed E-state index contributed by atoms with van der Waals surface area (Å²) in [4.78, 5) is 11.1. The fourth-order valence-electron chi connectivity index (χ4n) is 2.87. The Balaban J connectivity index is 1.85. The molecule has 2 nitrogen and oxygen atoms in total. The molecular formula is C13H22O2. The van der Waals surface area contributed by atoms with E-state index in [-0.39, 0.29) is 5.41 Å². The lowest BCUT2D eigenvalue weighted by Crippen LogP contribution is -2.25. The van der Waals surface area contributed by atoms with Crippen LogP contribution in [0.15, 0.2) is 0 Å². The number of carbonyl (C=O) groups is 1. The van der Waals surface area contributed by atoms with Crippen molar-refractivity contribution in [3.63, 3.8) is 0 Å². The minimum Gasteiger partial charge on any atom is -0.481 e. The molecule has 0 atom stereocenters. The van der Waals surface area contributed by atoms with E-state index in [1.165, 1.54) is 25.7 Å². The Bertz CT molecular complexity index is 254. The van der Waals surface area contributed by atoms with E-state index in [1.54, 1.807) is 0 Å². The molecule has 0 amide bonds. The molecule has 2 aliphatic carbocycles. The second-order valence-electron chi connectivity index (χ2n) is 6.40. The third-order valence-corrected chi connectivity index (χ3v) is 4.45. The van der Waals surface area contributed by atoms with E-state index in [9.17, 15) is 4.79 Å². The molecule has 0 saturated heterocycles. The fourth-order valence-corrected chi connectivity index (χ4v) is 2.87. The summed E-state index contributed by atoms with van der Waals surface area (Å²) in [7, 11) is 0. The summed E-state index contributed by atoms with van der Waals surface area (Å²) in [6.07, 6.45) is 7.80. The minimum absolute atomic E-state index is 0.299. The summed E-state index contributed by atoms with van der Waals surface area (Å²) in [5, 5.41) is 9.14. The normalized spacial score (nSPS) is 28.7. The lowest BCUT2D eigenvalue weighted by molar-refractivity contribution is -0.144. The van der Waals surface area contributed by atoms with Gasteiger partial charge in [0, 0.05) is 0 Å². The van der Waals surface area contributed by atoms with E-state index < -0.39 is 5.97 Å². The summed E-state index contributed by atoms with van der Waals surface area (Å²) < 4.78 is 0. The Labute approximate surface area is 92.1 Å².